The number of hydrogen-bond donors (Lipinski definition) is 1. The molecule has 0 amide bonds. The average molecular weight is 217 g/mol. The minimum atomic E-state index is 0.900. The van der Waals surface area contributed by atoms with Gasteiger partial charge in [-0.05, 0) is 19.9 Å². The second-order valence-corrected chi connectivity index (χ2v) is 4.25. The maximum Gasteiger partial charge on any atom is 0.141 e. The Bertz CT molecular complexity index is 505. The van der Waals surface area contributed by atoms with E-state index in [1.807, 2.05) is 13.8 Å². The maximum atomic E-state index is 5.23. The number of nitrogens with zero attached hydrogens (tertiary/aromatic N) is 2. The van der Waals surface area contributed by atoms with Crippen molar-refractivity contribution < 1.29 is 4.52 Å². The van der Waals surface area contributed by atoms with Crippen LogP contribution < -0.4 is 5.32 Å². The Balaban J connectivity index is 2.17. The number of aromatic nitrogens is 2. The molecule has 2 aromatic rings. The molecular weight excluding hydrogens is 202 g/mol. The van der Waals surface area contributed by atoms with E-state index in [0.29, 0.717) is 0 Å². The van der Waals surface area contributed by atoms with Crippen LogP contribution in [0.4, 0.5) is 0 Å². The van der Waals surface area contributed by atoms with Crippen molar-refractivity contribution in [1.29, 1.82) is 0 Å². The summed E-state index contributed by atoms with van der Waals surface area (Å²) >= 11 is 0. The van der Waals surface area contributed by atoms with E-state index < -0.39 is 0 Å². The zero-order valence-corrected chi connectivity index (χ0v) is 9.58. The molecule has 4 nitrogen and oxygen atoms in total. The molecule has 0 saturated carbocycles. The molecule has 1 N–H and O–H groups in total. The van der Waals surface area contributed by atoms with Gasteiger partial charge in [-0.25, -0.2) is 0 Å². The Labute approximate surface area is 94.2 Å². The van der Waals surface area contributed by atoms with Crippen molar-refractivity contribution in [1.82, 2.24) is 15.0 Å². The molecule has 1 aliphatic heterocycles. The van der Waals surface area contributed by atoms with Crippen LogP contribution in [0, 0.1) is 13.8 Å². The van der Waals surface area contributed by atoms with E-state index in [2.05, 4.69) is 27.3 Å². The highest BCUT2D eigenvalue weighted by molar-refractivity contribution is 5.70. The van der Waals surface area contributed by atoms with E-state index in [0.717, 1.165) is 36.7 Å². The molecule has 3 rings (SSSR count). The zero-order chi connectivity index (χ0) is 11.1. The minimum absolute atomic E-state index is 0.900. The van der Waals surface area contributed by atoms with Crippen LogP contribution in [0.15, 0.2) is 16.8 Å². The second kappa shape index (κ2) is 3.49. The summed E-state index contributed by atoms with van der Waals surface area (Å²) < 4.78 is 7.53. The van der Waals surface area contributed by atoms with Crippen LogP contribution in [-0.2, 0) is 13.1 Å². The Morgan fingerprint density at radius 1 is 1.44 bits per heavy atom. The normalized spacial score (nSPS) is 15.1. The SMILES string of the molecule is Cc1noc(C)c1-c1ccn2c1CNCC2. The van der Waals surface area contributed by atoms with Gasteiger partial charge in [0.25, 0.3) is 0 Å². The molecule has 3 heterocycles. The van der Waals surface area contributed by atoms with Crippen molar-refractivity contribution in [2.45, 2.75) is 26.9 Å². The molecule has 0 aliphatic carbocycles. The van der Waals surface area contributed by atoms with Gasteiger partial charge >= 0.3 is 0 Å². The lowest BCUT2D eigenvalue weighted by atomic mass is 10.0. The van der Waals surface area contributed by atoms with Gasteiger partial charge < -0.3 is 14.4 Å². The van der Waals surface area contributed by atoms with E-state index >= 15 is 0 Å². The molecule has 0 bridgehead atoms. The molecule has 0 fully saturated rings. The third-order valence-electron chi connectivity index (χ3n) is 3.20. The molecule has 0 atom stereocenters. The molecular formula is C12H15N3O. The van der Waals surface area contributed by atoms with Crippen LogP contribution in [0.25, 0.3) is 11.1 Å². The second-order valence-electron chi connectivity index (χ2n) is 4.25. The van der Waals surface area contributed by atoms with Crippen LogP contribution in [0.2, 0.25) is 0 Å². The lowest BCUT2D eigenvalue weighted by molar-refractivity contribution is 0.393. The number of nitrogens with one attached hydrogen (secondary N) is 1. The van der Waals surface area contributed by atoms with Crippen molar-refractivity contribution in [3.63, 3.8) is 0 Å². The topological polar surface area (TPSA) is 43.0 Å². The zero-order valence-electron chi connectivity index (χ0n) is 9.58. The summed E-state index contributed by atoms with van der Waals surface area (Å²) in [6.45, 7) is 6.97. The van der Waals surface area contributed by atoms with Crippen molar-refractivity contribution in [2.75, 3.05) is 6.54 Å². The highest BCUT2D eigenvalue weighted by atomic mass is 16.5. The van der Waals surface area contributed by atoms with E-state index in [9.17, 15) is 0 Å². The Morgan fingerprint density at radius 2 is 2.31 bits per heavy atom. The monoisotopic (exact) mass is 217 g/mol. The van der Waals surface area contributed by atoms with Crippen molar-refractivity contribution >= 4 is 0 Å². The summed E-state index contributed by atoms with van der Waals surface area (Å²) in [7, 11) is 0. The number of fused-ring (bicyclic) bond motifs is 1. The number of hydrogen-bond acceptors (Lipinski definition) is 3. The first-order chi connectivity index (χ1) is 7.77. The summed E-state index contributed by atoms with van der Waals surface area (Å²) in [4.78, 5) is 0. The summed E-state index contributed by atoms with van der Waals surface area (Å²) in [5.41, 5.74) is 4.71. The van der Waals surface area contributed by atoms with Crippen LogP contribution >= 0.6 is 0 Å². The molecule has 0 radical (unpaired) electrons. The molecule has 0 aromatic carbocycles. The highest BCUT2D eigenvalue weighted by Crippen LogP contribution is 2.31. The fourth-order valence-electron chi connectivity index (χ4n) is 2.41. The van der Waals surface area contributed by atoms with Crippen LogP contribution in [0.3, 0.4) is 0 Å². The van der Waals surface area contributed by atoms with Gasteiger partial charge in [-0.15, -0.1) is 0 Å². The molecule has 84 valence electrons. The average Bonchev–Trinajstić information content (AvgIpc) is 2.83. The van der Waals surface area contributed by atoms with Gasteiger partial charge in [-0.1, -0.05) is 5.16 Å². The van der Waals surface area contributed by atoms with Gasteiger partial charge in [0, 0.05) is 42.7 Å². The van der Waals surface area contributed by atoms with E-state index in [-0.39, 0.29) is 0 Å². The molecule has 2 aromatic heterocycles. The van der Waals surface area contributed by atoms with E-state index in [1.165, 1.54) is 11.3 Å². The van der Waals surface area contributed by atoms with Crippen molar-refractivity contribution in [3.05, 3.63) is 29.4 Å². The molecule has 0 spiro atoms. The van der Waals surface area contributed by atoms with Gasteiger partial charge in [0.05, 0.1) is 5.69 Å². The van der Waals surface area contributed by atoms with Gasteiger partial charge in [0.2, 0.25) is 0 Å². The molecule has 4 heteroatoms. The predicted octanol–water partition coefficient (Wildman–Crippen LogP) is 1.86. The maximum absolute atomic E-state index is 5.23. The van der Waals surface area contributed by atoms with Gasteiger partial charge in [0.1, 0.15) is 5.76 Å². The molecule has 1 aliphatic rings. The van der Waals surface area contributed by atoms with Gasteiger partial charge in [-0.2, -0.15) is 0 Å². The quantitative estimate of drug-likeness (QED) is 0.793. The van der Waals surface area contributed by atoms with Crippen molar-refractivity contribution in [2.24, 2.45) is 0 Å². The number of rotatable bonds is 1. The lowest BCUT2D eigenvalue weighted by Gasteiger charge is -2.17. The fourth-order valence-corrected chi connectivity index (χ4v) is 2.41. The lowest BCUT2D eigenvalue weighted by Crippen LogP contribution is -2.27. The summed E-state index contributed by atoms with van der Waals surface area (Å²) in [6.07, 6.45) is 2.15. The first-order valence-corrected chi connectivity index (χ1v) is 5.59. The minimum Gasteiger partial charge on any atom is -0.361 e. The fraction of sp³-hybridized carbons (Fsp3) is 0.417. The largest absolute Gasteiger partial charge is 0.361 e. The Kier molecular flexibility index (Phi) is 2.11. The van der Waals surface area contributed by atoms with Crippen molar-refractivity contribution in [3.8, 4) is 11.1 Å². The first-order valence-electron chi connectivity index (χ1n) is 5.59. The summed E-state index contributed by atoms with van der Waals surface area (Å²) in [5, 5.41) is 7.41. The van der Waals surface area contributed by atoms with Crippen LogP contribution in [0.5, 0.6) is 0 Å². The molecule has 16 heavy (non-hydrogen) atoms. The third-order valence-corrected chi connectivity index (χ3v) is 3.20. The van der Waals surface area contributed by atoms with Crippen LogP contribution in [0.1, 0.15) is 17.1 Å². The standard InChI is InChI=1S/C12H15N3O/c1-8-12(9(2)16-14-8)10-3-5-15-6-4-13-7-11(10)15/h3,5,13H,4,6-7H2,1-2H3. The first kappa shape index (κ1) is 9.66. The van der Waals surface area contributed by atoms with Crippen LogP contribution in [-0.4, -0.2) is 16.3 Å². The molecule has 0 unspecified atom stereocenters. The third kappa shape index (κ3) is 1.30. The molecule has 0 saturated heterocycles. The van der Waals surface area contributed by atoms with E-state index in [1.54, 1.807) is 0 Å². The Hall–Kier alpha value is -1.55. The number of aryl methyl sites for hydroxylation is 2. The summed E-state index contributed by atoms with van der Waals surface area (Å²) in [5.74, 6) is 0.900. The summed E-state index contributed by atoms with van der Waals surface area (Å²) in [6, 6.07) is 2.16. The predicted molar refractivity (Wildman–Crippen MR) is 61.1 cm³/mol. The highest BCUT2D eigenvalue weighted by Gasteiger charge is 2.19. The van der Waals surface area contributed by atoms with Gasteiger partial charge in [0.15, 0.2) is 0 Å². The Morgan fingerprint density at radius 3 is 3.06 bits per heavy atom. The van der Waals surface area contributed by atoms with E-state index in [4.69, 9.17) is 4.52 Å². The van der Waals surface area contributed by atoms with Gasteiger partial charge in [-0.3, -0.25) is 0 Å². The smallest absolute Gasteiger partial charge is 0.141 e.